The van der Waals surface area contributed by atoms with E-state index in [1.165, 1.54) is 0 Å². The van der Waals surface area contributed by atoms with E-state index in [9.17, 15) is 8.42 Å². The van der Waals surface area contributed by atoms with Crippen molar-refractivity contribution in [3.05, 3.63) is 24.3 Å². The van der Waals surface area contributed by atoms with Crippen LogP contribution in [-0.2, 0) is 10.0 Å². The van der Waals surface area contributed by atoms with Gasteiger partial charge in [0, 0.05) is 13.1 Å². The Labute approximate surface area is 109 Å². The maximum Gasteiger partial charge on any atom is 0.243 e. The summed E-state index contributed by atoms with van der Waals surface area (Å²) in [4.78, 5) is 0.348. The molecule has 0 amide bonds. The van der Waals surface area contributed by atoms with E-state index in [1.54, 1.807) is 28.6 Å². The lowest BCUT2D eigenvalue weighted by molar-refractivity contribution is 0.242. The lowest BCUT2D eigenvalue weighted by atomic mass is 10.3. The molecule has 18 heavy (non-hydrogen) atoms. The fraction of sp³-hybridized carbons (Fsp3) is 0.538. The third-order valence-corrected chi connectivity index (χ3v) is 4.81. The molecule has 0 aromatic heterocycles. The molecule has 0 atom stereocenters. The SMILES string of the molecule is CC(C)Oc1ccc(S(=O)(=O)N2CCCC2)cc1. The quantitative estimate of drug-likeness (QED) is 0.842. The van der Waals surface area contributed by atoms with Crippen molar-refractivity contribution in [1.82, 2.24) is 4.31 Å². The van der Waals surface area contributed by atoms with E-state index in [1.807, 2.05) is 13.8 Å². The Bertz CT molecular complexity index is 487. The molecule has 0 N–H and O–H groups in total. The van der Waals surface area contributed by atoms with Crippen LogP contribution in [-0.4, -0.2) is 31.9 Å². The number of nitrogens with zero attached hydrogens (tertiary/aromatic N) is 1. The van der Waals surface area contributed by atoms with E-state index in [0.717, 1.165) is 12.8 Å². The van der Waals surface area contributed by atoms with Crippen LogP contribution in [0.4, 0.5) is 0 Å². The first-order valence-corrected chi connectivity index (χ1v) is 7.71. The first-order valence-electron chi connectivity index (χ1n) is 6.27. The fourth-order valence-corrected chi connectivity index (χ4v) is 3.56. The maximum absolute atomic E-state index is 12.3. The zero-order valence-electron chi connectivity index (χ0n) is 10.8. The van der Waals surface area contributed by atoms with E-state index < -0.39 is 10.0 Å². The molecule has 4 nitrogen and oxygen atoms in total. The van der Waals surface area contributed by atoms with Gasteiger partial charge < -0.3 is 4.74 Å². The molecule has 1 aliphatic heterocycles. The van der Waals surface area contributed by atoms with Gasteiger partial charge in [-0.15, -0.1) is 0 Å². The standard InChI is InChI=1S/C13H19NO3S/c1-11(2)17-12-5-7-13(8-6-12)18(15,16)14-9-3-4-10-14/h5-8,11H,3-4,9-10H2,1-2H3. The summed E-state index contributed by atoms with van der Waals surface area (Å²) in [7, 11) is -3.31. The van der Waals surface area contributed by atoms with Crippen molar-refractivity contribution in [3.8, 4) is 5.75 Å². The molecule has 1 saturated heterocycles. The number of ether oxygens (including phenoxy) is 1. The van der Waals surface area contributed by atoms with Gasteiger partial charge >= 0.3 is 0 Å². The van der Waals surface area contributed by atoms with Crippen LogP contribution in [0.25, 0.3) is 0 Å². The second-order valence-corrected chi connectivity index (χ2v) is 6.69. The number of hydrogen-bond donors (Lipinski definition) is 0. The zero-order chi connectivity index (χ0) is 13.2. The minimum absolute atomic E-state index is 0.0889. The summed E-state index contributed by atoms with van der Waals surface area (Å²) >= 11 is 0. The van der Waals surface area contributed by atoms with Gasteiger partial charge in [-0.25, -0.2) is 8.42 Å². The van der Waals surface area contributed by atoms with Crippen molar-refractivity contribution in [2.75, 3.05) is 13.1 Å². The Kier molecular flexibility index (Phi) is 3.92. The molecule has 0 spiro atoms. The number of benzene rings is 1. The number of hydrogen-bond acceptors (Lipinski definition) is 3. The average molecular weight is 269 g/mol. The minimum atomic E-state index is -3.31. The largest absolute Gasteiger partial charge is 0.491 e. The molecule has 0 bridgehead atoms. The lowest BCUT2D eigenvalue weighted by Gasteiger charge is -2.16. The number of sulfonamides is 1. The van der Waals surface area contributed by atoms with E-state index in [2.05, 4.69) is 0 Å². The van der Waals surface area contributed by atoms with Crippen LogP contribution in [0, 0.1) is 0 Å². The van der Waals surface area contributed by atoms with E-state index in [4.69, 9.17) is 4.74 Å². The van der Waals surface area contributed by atoms with E-state index in [0.29, 0.717) is 23.7 Å². The average Bonchev–Trinajstić information content (AvgIpc) is 2.83. The maximum atomic E-state index is 12.3. The molecule has 1 aromatic rings. The molecule has 100 valence electrons. The van der Waals surface area contributed by atoms with Gasteiger partial charge in [0.05, 0.1) is 11.0 Å². The summed E-state index contributed by atoms with van der Waals surface area (Å²) in [5.41, 5.74) is 0. The van der Waals surface area contributed by atoms with Gasteiger partial charge in [0.2, 0.25) is 10.0 Å². The first kappa shape index (κ1) is 13.4. The van der Waals surface area contributed by atoms with Gasteiger partial charge in [0.25, 0.3) is 0 Å². The van der Waals surface area contributed by atoms with Crippen LogP contribution >= 0.6 is 0 Å². The van der Waals surface area contributed by atoms with Gasteiger partial charge in [0.15, 0.2) is 0 Å². The molecule has 1 aliphatic rings. The summed E-state index contributed by atoms with van der Waals surface area (Å²) in [6.45, 7) is 5.14. The summed E-state index contributed by atoms with van der Waals surface area (Å²) in [6.07, 6.45) is 1.99. The highest BCUT2D eigenvalue weighted by Gasteiger charge is 2.26. The normalized spacial score (nSPS) is 17.3. The van der Waals surface area contributed by atoms with Gasteiger partial charge in [0.1, 0.15) is 5.75 Å². The van der Waals surface area contributed by atoms with Crippen molar-refractivity contribution >= 4 is 10.0 Å². The second kappa shape index (κ2) is 5.28. The van der Waals surface area contributed by atoms with E-state index in [-0.39, 0.29) is 6.10 Å². The predicted octanol–water partition coefficient (Wildman–Crippen LogP) is 2.26. The summed E-state index contributed by atoms with van der Waals surface area (Å²) in [5, 5.41) is 0. The Morgan fingerprint density at radius 2 is 1.67 bits per heavy atom. The zero-order valence-corrected chi connectivity index (χ0v) is 11.6. The Morgan fingerprint density at radius 1 is 1.11 bits per heavy atom. The Hall–Kier alpha value is -1.07. The first-order chi connectivity index (χ1) is 8.50. The fourth-order valence-electron chi connectivity index (χ4n) is 2.04. The smallest absolute Gasteiger partial charge is 0.243 e. The summed E-state index contributed by atoms with van der Waals surface area (Å²) in [5.74, 6) is 0.699. The van der Waals surface area contributed by atoms with Crippen molar-refractivity contribution < 1.29 is 13.2 Å². The summed E-state index contributed by atoms with van der Waals surface area (Å²) in [6, 6.07) is 6.66. The molecule has 0 unspecified atom stereocenters. The highest BCUT2D eigenvalue weighted by Crippen LogP contribution is 2.23. The monoisotopic (exact) mass is 269 g/mol. The van der Waals surface area contributed by atoms with Crippen molar-refractivity contribution in [1.29, 1.82) is 0 Å². The van der Waals surface area contributed by atoms with Crippen molar-refractivity contribution in [2.24, 2.45) is 0 Å². The van der Waals surface area contributed by atoms with Gasteiger partial charge in [-0.2, -0.15) is 4.31 Å². The molecule has 1 aromatic carbocycles. The van der Waals surface area contributed by atoms with Crippen LogP contribution in [0.15, 0.2) is 29.2 Å². The lowest BCUT2D eigenvalue weighted by Crippen LogP contribution is -2.27. The van der Waals surface area contributed by atoms with Crippen LogP contribution in [0.3, 0.4) is 0 Å². The van der Waals surface area contributed by atoms with Crippen molar-refractivity contribution in [2.45, 2.75) is 37.7 Å². The van der Waals surface area contributed by atoms with Crippen LogP contribution < -0.4 is 4.74 Å². The van der Waals surface area contributed by atoms with Crippen LogP contribution in [0.2, 0.25) is 0 Å². The topological polar surface area (TPSA) is 46.6 Å². The van der Waals surface area contributed by atoms with Crippen LogP contribution in [0.1, 0.15) is 26.7 Å². The number of rotatable bonds is 4. The summed E-state index contributed by atoms with van der Waals surface area (Å²) < 4.78 is 31.6. The molecule has 0 radical (unpaired) electrons. The molecule has 0 saturated carbocycles. The molecular formula is C13H19NO3S. The molecule has 2 rings (SSSR count). The minimum Gasteiger partial charge on any atom is -0.491 e. The highest BCUT2D eigenvalue weighted by molar-refractivity contribution is 7.89. The Morgan fingerprint density at radius 3 is 2.17 bits per heavy atom. The molecule has 5 heteroatoms. The van der Waals surface area contributed by atoms with Crippen LogP contribution in [0.5, 0.6) is 5.75 Å². The Balaban J connectivity index is 2.18. The van der Waals surface area contributed by atoms with Gasteiger partial charge in [-0.05, 0) is 51.0 Å². The third-order valence-electron chi connectivity index (χ3n) is 2.90. The highest BCUT2D eigenvalue weighted by atomic mass is 32.2. The second-order valence-electron chi connectivity index (χ2n) is 4.75. The van der Waals surface area contributed by atoms with Crippen molar-refractivity contribution in [3.63, 3.8) is 0 Å². The van der Waals surface area contributed by atoms with Gasteiger partial charge in [-0.3, -0.25) is 0 Å². The van der Waals surface area contributed by atoms with E-state index >= 15 is 0 Å². The third kappa shape index (κ3) is 2.84. The predicted molar refractivity (Wildman–Crippen MR) is 70.2 cm³/mol. The molecule has 1 fully saturated rings. The molecular weight excluding hydrogens is 250 g/mol. The van der Waals surface area contributed by atoms with Gasteiger partial charge in [-0.1, -0.05) is 0 Å². The molecule has 1 heterocycles. The molecule has 0 aliphatic carbocycles.